The number of benzene rings is 1. The van der Waals surface area contributed by atoms with Crippen LogP contribution in [0.5, 0.6) is 0 Å². The normalized spacial score (nSPS) is 13.1. The summed E-state index contributed by atoms with van der Waals surface area (Å²) >= 11 is 0. The number of nitrogens with one attached hydrogen (secondary N) is 2. The SMILES string of the molecule is C[C@@H](CC(=O)c1ccccc1)NS(=O)(=O)c1cnc[nH]1. The van der Waals surface area contributed by atoms with Gasteiger partial charge in [0, 0.05) is 18.0 Å². The average Bonchev–Trinajstić information content (AvgIpc) is 2.93. The van der Waals surface area contributed by atoms with Gasteiger partial charge in [0.15, 0.2) is 10.8 Å². The summed E-state index contributed by atoms with van der Waals surface area (Å²) in [4.78, 5) is 18.2. The van der Waals surface area contributed by atoms with Gasteiger partial charge in [0.2, 0.25) is 0 Å². The molecule has 6 nitrogen and oxygen atoms in total. The number of nitrogens with zero attached hydrogens (tertiary/aromatic N) is 1. The molecule has 7 heteroatoms. The Morgan fingerprint density at radius 3 is 2.65 bits per heavy atom. The average molecular weight is 293 g/mol. The molecule has 2 N–H and O–H groups in total. The first kappa shape index (κ1) is 14.4. The molecule has 0 saturated carbocycles. The first-order valence-electron chi connectivity index (χ1n) is 6.08. The van der Waals surface area contributed by atoms with E-state index >= 15 is 0 Å². The summed E-state index contributed by atoms with van der Waals surface area (Å²) in [6.07, 6.45) is 2.60. The van der Waals surface area contributed by atoms with Gasteiger partial charge in [-0.15, -0.1) is 0 Å². The van der Waals surface area contributed by atoms with Crippen molar-refractivity contribution in [2.24, 2.45) is 0 Å². The van der Waals surface area contributed by atoms with E-state index in [-0.39, 0.29) is 17.2 Å². The van der Waals surface area contributed by atoms with Crippen molar-refractivity contribution < 1.29 is 13.2 Å². The van der Waals surface area contributed by atoms with Gasteiger partial charge >= 0.3 is 0 Å². The van der Waals surface area contributed by atoms with Crippen molar-refractivity contribution in [3.05, 3.63) is 48.4 Å². The molecule has 1 aromatic carbocycles. The summed E-state index contributed by atoms with van der Waals surface area (Å²) in [7, 11) is -3.66. The largest absolute Gasteiger partial charge is 0.335 e. The van der Waals surface area contributed by atoms with Crippen molar-refractivity contribution in [2.75, 3.05) is 0 Å². The number of rotatable bonds is 6. The fraction of sp³-hybridized carbons (Fsp3) is 0.231. The summed E-state index contributed by atoms with van der Waals surface area (Å²) < 4.78 is 26.3. The van der Waals surface area contributed by atoms with Crippen LogP contribution in [0.1, 0.15) is 23.7 Å². The topological polar surface area (TPSA) is 91.9 Å². The number of aromatic amines is 1. The molecule has 0 aliphatic rings. The number of Topliss-reactive ketones (excluding diaryl/α,β-unsaturated/α-hetero) is 1. The second kappa shape index (κ2) is 5.98. The molecule has 0 spiro atoms. The Kier molecular flexibility index (Phi) is 4.31. The molecule has 1 atom stereocenters. The fourth-order valence-electron chi connectivity index (χ4n) is 1.78. The molecule has 0 aliphatic heterocycles. The van der Waals surface area contributed by atoms with E-state index < -0.39 is 16.1 Å². The molecule has 0 unspecified atom stereocenters. The minimum absolute atomic E-state index is 0.0171. The van der Waals surface area contributed by atoms with Crippen molar-refractivity contribution in [2.45, 2.75) is 24.4 Å². The quantitative estimate of drug-likeness (QED) is 0.786. The van der Waals surface area contributed by atoms with Gasteiger partial charge in [0.25, 0.3) is 10.0 Å². The van der Waals surface area contributed by atoms with E-state index in [0.717, 1.165) is 0 Å². The lowest BCUT2D eigenvalue weighted by Crippen LogP contribution is -2.34. The van der Waals surface area contributed by atoms with Crippen LogP contribution in [0.2, 0.25) is 0 Å². The standard InChI is InChI=1S/C13H15N3O3S/c1-10(7-12(17)11-5-3-2-4-6-11)16-20(18,19)13-8-14-9-15-13/h2-6,8-10,16H,7H2,1H3,(H,14,15)/t10-/m0/s1. The Balaban J connectivity index is 2.00. The van der Waals surface area contributed by atoms with E-state index in [1.807, 2.05) is 6.07 Å². The monoisotopic (exact) mass is 293 g/mol. The number of hydrogen-bond acceptors (Lipinski definition) is 4. The van der Waals surface area contributed by atoms with Gasteiger partial charge < -0.3 is 4.98 Å². The summed E-state index contributed by atoms with van der Waals surface area (Å²) in [5.41, 5.74) is 0.570. The van der Waals surface area contributed by atoms with E-state index in [2.05, 4.69) is 14.7 Å². The molecular weight excluding hydrogens is 278 g/mol. The third-order valence-electron chi connectivity index (χ3n) is 2.71. The van der Waals surface area contributed by atoms with Crippen LogP contribution in [0.3, 0.4) is 0 Å². The van der Waals surface area contributed by atoms with Crippen LogP contribution in [0.25, 0.3) is 0 Å². The van der Waals surface area contributed by atoms with E-state index in [1.165, 1.54) is 12.5 Å². The minimum Gasteiger partial charge on any atom is -0.335 e. The van der Waals surface area contributed by atoms with Crippen molar-refractivity contribution in [3.63, 3.8) is 0 Å². The molecular formula is C13H15N3O3S. The zero-order chi connectivity index (χ0) is 14.6. The number of sulfonamides is 1. The van der Waals surface area contributed by atoms with Crippen molar-refractivity contribution in [1.29, 1.82) is 0 Å². The molecule has 0 saturated heterocycles. The number of H-pyrrole nitrogens is 1. The molecule has 106 valence electrons. The molecule has 0 amide bonds. The first-order chi connectivity index (χ1) is 9.49. The lowest BCUT2D eigenvalue weighted by atomic mass is 10.1. The number of imidazole rings is 1. The van der Waals surface area contributed by atoms with Crippen LogP contribution in [-0.4, -0.2) is 30.2 Å². The molecule has 0 fully saturated rings. The van der Waals surface area contributed by atoms with Crippen LogP contribution >= 0.6 is 0 Å². The fourth-order valence-corrected chi connectivity index (χ4v) is 2.93. The van der Waals surface area contributed by atoms with Gasteiger partial charge in [0.05, 0.1) is 12.5 Å². The Labute approximate surface area is 117 Å². The van der Waals surface area contributed by atoms with Gasteiger partial charge in [-0.3, -0.25) is 4.79 Å². The number of carbonyl (C=O) groups excluding carboxylic acids is 1. The van der Waals surface area contributed by atoms with E-state index in [4.69, 9.17) is 0 Å². The van der Waals surface area contributed by atoms with E-state index in [0.29, 0.717) is 5.56 Å². The highest BCUT2D eigenvalue weighted by molar-refractivity contribution is 7.89. The summed E-state index contributed by atoms with van der Waals surface area (Å²) in [5.74, 6) is -0.106. The Hall–Kier alpha value is -1.99. The van der Waals surface area contributed by atoms with Gasteiger partial charge in [-0.25, -0.2) is 18.1 Å². The Morgan fingerprint density at radius 1 is 1.35 bits per heavy atom. The Bertz CT molecular complexity index is 666. The van der Waals surface area contributed by atoms with Crippen LogP contribution < -0.4 is 4.72 Å². The number of aromatic nitrogens is 2. The van der Waals surface area contributed by atoms with Gasteiger partial charge in [-0.2, -0.15) is 0 Å². The number of carbonyl (C=O) groups is 1. The van der Waals surface area contributed by atoms with Crippen LogP contribution in [0.4, 0.5) is 0 Å². The van der Waals surface area contributed by atoms with Crippen molar-refractivity contribution in [1.82, 2.24) is 14.7 Å². The summed E-state index contributed by atoms with van der Waals surface area (Å²) in [5, 5.41) is -0.0171. The van der Waals surface area contributed by atoms with Crippen LogP contribution in [0, 0.1) is 0 Å². The molecule has 1 heterocycles. The predicted molar refractivity (Wildman–Crippen MR) is 73.8 cm³/mol. The summed E-state index contributed by atoms with van der Waals surface area (Å²) in [6.45, 7) is 1.65. The molecule has 2 aromatic rings. The van der Waals surface area contributed by atoms with E-state index in [1.54, 1.807) is 31.2 Å². The number of hydrogen-bond donors (Lipinski definition) is 2. The number of ketones is 1. The second-order valence-electron chi connectivity index (χ2n) is 4.43. The van der Waals surface area contributed by atoms with E-state index in [9.17, 15) is 13.2 Å². The summed E-state index contributed by atoms with van der Waals surface area (Å²) in [6, 6.07) is 8.27. The van der Waals surface area contributed by atoms with Gasteiger partial charge in [0.1, 0.15) is 0 Å². The van der Waals surface area contributed by atoms with Gasteiger partial charge in [-0.1, -0.05) is 30.3 Å². The lowest BCUT2D eigenvalue weighted by molar-refractivity contribution is 0.0975. The van der Waals surface area contributed by atoms with Crippen molar-refractivity contribution in [3.8, 4) is 0 Å². The van der Waals surface area contributed by atoms with Crippen molar-refractivity contribution >= 4 is 15.8 Å². The molecule has 2 rings (SSSR count). The highest BCUT2D eigenvalue weighted by atomic mass is 32.2. The highest BCUT2D eigenvalue weighted by Gasteiger charge is 2.20. The third kappa shape index (κ3) is 3.52. The molecule has 0 aliphatic carbocycles. The zero-order valence-electron chi connectivity index (χ0n) is 10.9. The smallest absolute Gasteiger partial charge is 0.257 e. The molecule has 0 bridgehead atoms. The zero-order valence-corrected chi connectivity index (χ0v) is 11.7. The maximum Gasteiger partial charge on any atom is 0.257 e. The Morgan fingerprint density at radius 2 is 2.05 bits per heavy atom. The predicted octanol–water partition coefficient (Wildman–Crippen LogP) is 1.35. The van der Waals surface area contributed by atoms with Crippen LogP contribution in [-0.2, 0) is 10.0 Å². The lowest BCUT2D eigenvalue weighted by Gasteiger charge is -2.12. The molecule has 0 radical (unpaired) electrons. The molecule has 20 heavy (non-hydrogen) atoms. The second-order valence-corrected chi connectivity index (χ2v) is 6.11. The minimum atomic E-state index is -3.66. The molecule has 1 aromatic heterocycles. The van der Waals surface area contributed by atoms with Gasteiger partial charge in [-0.05, 0) is 6.92 Å². The maximum atomic E-state index is 12.0. The highest BCUT2D eigenvalue weighted by Crippen LogP contribution is 2.08. The first-order valence-corrected chi connectivity index (χ1v) is 7.56. The third-order valence-corrected chi connectivity index (χ3v) is 4.22. The maximum absolute atomic E-state index is 12.0. The van der Waals surface area contributed by atoms with Crippen LogP contribution in [0.15, 0.2) is 47.9 Å².